The molecular weight excluding hydrogens is 528 g/mol. The number of halogens is 1. The molecule has 9 nitrogen and oxygen atoms in total. The van der Waals surface area contributed by atoms with Gasteiger partial charge in [0.1, 0.15) is 40.5 Å². The number of hydrogen-bond donors (Lipinski definition) is 2. The van der Waals surface area contributed by atoms with E-state index in [2.05, 4.69) is 4.72 Å². The van der Waals surface area contributed by atoms with Gasteiger partial charge in [0, 0.05) is 22.9 Å². The molecule has 186 valence electrons. The van der Waals surface area contributed by atoms with Crippen LogP contribution in [0.3, 0.4) is 0 Å². The SMILES string of the molecule is N#Cc1ccc(OP(=O)(O)CNS(=O)(=O)c2cc3cc(OCC[n+]4ccccc4)ccc3s2)cc1F. The van der Waals surface area contributed by atoms with Crippen molar-refractivity contribution in [2.75, 3.05) is 12.9 Å². The first-order valence-corrected chi connectivity index (χ1v) is 14.5. The smallest absolute Gasteiger partial charge is 0.391 e. The van der Waals surface area contributed by atoms with Crippen molar-refractivity contribution in [2.24, 2.45) is 0 Å². The minimum atomic E-state index is -4.51. The Morgan fingerprint density at radius 1 is 1.11 bits per heavy atom. The van der Waals surface area contributed by atoms with Crippen LogP contribution in [0.1, 0.15) is 5.56 Å². The summed E-state index contributed by atoms with van der Waals surface area (Å²) >= 11 is 0.992. The number of fused-ring (bicyclic) bond motifs is 1. The molecule has 0 saturated heterocycles. The minimum Gasteiger partial charge on any atom is -0.487 e. The number of nitrogens with zero attached hydrogens (tertiary/aromatic N) is 2. The molecule has 0 amide bonds. The molecule has 0 saturated carbocycles. The molecule has 4 aromatic rings. The molecule has 0 aliphatic carbocycles. The minimum absolute atomic E-state index is 0.0566. The standard InChI is InChI=1S/C23H19FN3O6PS2/c24-21-14-20(5-4-17(21)15-25)33-34(28,29)16-26-36(30,31)23-13-18-12-19(6-7-22(18)35-23)32-11-10-27-8-2-1-3-9-27/h1-9,12-14,26H,10-11,16H2/p+1. The first-order valence-electron chi connectivity index (χ1n) is 10.5. The Morgan fingerprint density at radius 2 is 1.86 bits per heavy atom. The number of hydrogen-bond acceptors (Lipinski definition) is 7. The highest BCUT2D eigenvalue weighted by molar-refractivity contribution is 7.92. The molecule has 0 spiro atoms. The highest BCUT2D eigenvalue weighted by Crippen LogP contribution is 2.42. The van der Waals surface area contributed by atoms with Gasteiger partial charge < -0.3 is 14.2 Å². The zero-order valence-electron chi connectivity index (χ0n) is 18.6. The zero-order chi connectivity index (χ0) is 25.8. The fourth-order valence-electron chi connectivity index (χ4n) is 3.15. The van der Waals surface area contributed by atoms with Gasteiger partial charge in [0.2, 0.25) is 0 Å². The number of nitrogens with one attached hydrogen (secondary N) is 1. The van der Waals surface area contributed by atoms with Crippen molar-refractivity contribution in [1.82, 2.24) is 4.72 Å². The maximum absolute atomic E-state index is 13.7. The van der Waals surface area contributed by atoms with E-state index in [-0.39, 0.29) is 15.5 Å². The average molecular weight is 549 g/mol. The summed E-state index contributed by atoms with van der Waals surface area (Å²) in [6, 6.07) is 17.0. The van der Waals surface area contributed by atoms with Gasteiger partial charge in [-0.1, -0.05) is 6.07 Å². The number of sulfonamides is 1. The molecule has 13 heteroatoms. The Morgan fingerprint density at radius 3 is 2.58 bits per heavy atom. The van der Waals surface area contributed by atoms with E-state index in [1.54, 1.807) is 24.3 Å². The summed E-state index contributed by atoms with van der Waals surface area (Å²) < 4.78 is 66.8. The van der Waals surface area contributed by atoms with Crippen LogP contribution in [0.15, 0.2) is 77.3 Å². The van der Waals surface area contributed by atoms with Crippen LogP contribution in [-0.4, -0.2) is 26.2 Å². The first kappa shape index (κ1) is 25.8. The molecule has 0 aliphatic rings. The van der Waals surface area contributed by atoms with Crippen LogP contribution in [0.4, 0.5) is 4.39 Å². The van der Waals surface area contributed by atoms with Gasteiger partial charge in [0.25, 0.3) is 10.0 Å². The van der Waals surface area contributed by atoms with Crippen LogP contribution in [0.2, 0.25) is 0 Å². The second kappa shape index (κ2) is 10.7. The second-order valence-corrected chi connectivity index (χ2v) is 12.4. The molecule has 1 unspecified atom stereocenters. The Balaban J connectivity index is 1.39. The van der Waals surface area contributed by atoms with E-state index in [1.807, 2.05) is 35.2 Å². The predicted octanol–water partition coefficient (Wildman–Crippen LogP) is 3.78. The van der Waals surface area contributed by atoms with Crippen molar-refractivity contribution in [2.45, 2.75) is 10.8 Å². The summed E-state index contributed by atoms with van der Waals surface area (Å²) in [6.45, 7) is 1.07. The van der Waals surface area contributed by atoms with Crippen molar-refractivity contribution in [1.29, 1.82) is 5.26 Å². The average Bonchev–Trinajstić information content (AvgIpc) is 3.28. The zero-order valence-corrected chi connectivity index (χ0v) is 21.1. The number of rotatable bonds is 10. The summed E-state index contributed by atoms with van der Waals surface area (Å²) in [5, 5.41) is 9.39. The highest BCUT2D eigenvalue weighted by atomic mass is 32.2. The fourth-order valence-corrected chi connectivity index (χ4v) is 7.07. The normalized spacial score (nSPS) is 13.1. The Bertz CT molecular complexity index is 1590. The summed E-state index contributed by atoms with van der Waals surface area (Å²) in [5.74, 6) is -0.656. The van der Waals surface area contributed by atoms with Gasteiger partial charge in [-0.15, -0.1) is 11.3 Å². The van der Waals surface area contributed by atoms with E-state index < -0.39 is 29.7 Å². The van der Waals surface area contributed by atoms with Crippen molar-refractivity contribution in [3.63, 3.8) is 0 Å². The third-order valence-electron chi connectivity index (χ3n) is 4.89. The van der Waals surface area contributed by atoms with Crippen molar-refractivity contribution >= 4 is 39.0 Å². The molecular formula is C23H20FN3O6PS2+. The summed E-state index contributed by atoms with van der Waals surface area (Å²) in [4.78, 5) is 10.0. The molecule has 0 aliphatic heterocycles. The molecule has 0 bridgehead atoms. The van der Waals surface area contributed by atoms with Crippen LogP contribution in [0.5, 0.6) is 11.5 Å². The van der Waals surface area contributed by atoms with Crippen LogP contribution in [0.25, 0.3) is 10.1 Å². The van der Waals surface area contributed by atoms with Crippen LogP contribution in [-0.2, 0) is 21.1 Å². The van der Waals surface area contributed by atoms with Crippen molar-refractivity contribution in [3.8, 4) is 17.6 Å². The maximum Gasteiger partial charge on any atom is 0.391 e. The molecule has 4 rings (SSSR count). The number of nitriles is 1. The van der Waals surface area contributed by atoms with Crippen LogP contribution >= 0.6 is 18.9 Å². The first-order chi connectivity index (χ1) is 17.1. The summed E-state index contributed by atoms with van der Waals surface area (Å²) in [7, 11) is -8.65. The second-order valence-electron chi connectivity index (χ2n) is 7.51. The van der Waals surface area contributed by atoms with Gasteiger partial charge in [0.15, 0.2) is 18.9 Å². The predicted molar refractivity (Wildman–Crippen MR) is 131 cm³/mol. The number of ether oxygens (including phenoxy) is 1. The fraction of sp³-hybridized carbons (Fsp3) is 0.130. The lowest BCUT2D eigenvalue weighted by atomic mass is 10.2. The number of aromatic nitrogens is 1. The quantitative estimate of drug-likeness (QED) is 0.228. The number of pyridine rings is 1. The molecule has 0 fully saturated rings. The molecule has 2 heterocycles. The third kappa shape index (κ3) is 6.46. The number of benzene rings is 2. The topological polar surface area (TPSA) is 130 Å². The van der Waals surface area contributed by atoms with E-state index >= 15 is 0 Å². The van der Waals surface area contributed by atoms with Crippen LogP contribution in [0, 0.1) is 17.1 Å². The summed E-state index contributed by atoms with van der Waals surface area (Å²) in [6.07, 6.45) is 2.92. The molecule has 36 heavy (non-hydrogen) atoms. The van der Waals surface area contributed by atoms with Gasteiger partial charge in [-0.2, -0.15) is 9.98 Å². The van der Waals surface area contributed by atoms with E-state index in [0.29, 0.717) is 29.0 Å². The van der Waals surface area contributed by atoms with Gasteiger partial charge in [-0.3, -0.25) is 0 Å². The van der Waals surface area contributed by atoms with Crippen LogP contribution < -0.4 is 18.5 Å². The Labute approximate surface area is 210 Å². The Hall–Kier alpha value is -3.33. The largest absolute Gasteiger partial charge is 0.487 e. The number of thiophene rings is 1. The highest BCUT2D eigenvalue weighted by Gasteiger charge is 2.27. The molecule has 2 N–H and O–H groups in total. The van der Waals surface area contributed by atoms with Crippen molar-refractivity contribution < 1.29 is 36.1 Å². The van der Waals surface area contributed by atoms with E-state index in [4.69, 9.17) is 14.5 Å². The van der Waals surface area contributed by atoms with Crippen molar-refractivity contribution in [3.05, 3.63) is 84.4 Å². The maximum atomic E-state index is 13.7. The lowest BCUT2D eigenvalue weighted by Crippen LogP contribution is -2.35. The van der Waals surface area contributed by atoms with Gasteiger partial charge in [-0.25, -0.2) is 21.9 Å². The van der Waals surface area contributed by atoms with E-state index in [9.17, 15) is 22.3 Å². The molecule has 2 aromatic carbocycles. The molecule has 0 radical (unpaired) electrons. The van der Waals surface area contributed by atoms with E-state index in [0.717, 1.165) is 29.5 Å². The molecule has 1 atom stereocenters. The molecule has 2 aromatic heterocycles. The lowest BCUT2D eigenvalue weighted by Gasteiger charge is -2.14. The lowest BCUT2D eigenvalue weighted by molar-refractivity contribution is -0.697. The van der Waals surface area contributed by atoms with E-state index in [1.165, 1.54) is 6.07 Å². The van der Waals surface area contributed by atoms with Gasteiger partial charge in [0.05, 0.1) is 5.56 Å². The third-order valence-corrected chi connectivity index (χ3v) is 9.15. The monoisotopic (exact) mass is 548 g/mol. The summed E-state index contributed by atoms with van der Waals surface area (Å²) in [5.41, 5.74) is -0.260. The Kier molecular flexibility index (Phi) is 7.68. The van der Waals surface area contributed by atoms with Gasteiger partial charge >= 0.3 is 7.60 Å². The van der Waals surface area contributed by atoms with Gasteiger partial charge in [-0.05, 0) is 41.8 Å².